The quantitative estimate of drug-likeness (QED) is 0.847. The summed E-state index contributed by atoms with van der Waals surface area (Å²) in [7, 11) is 0. The van der Waals surface area contributed by atoms with Gasteiger partial charge in [-0.3, -0.25) is 9.69 Å². The lowest BCUT2D eigenvalue weighted by Crippen LogP contribution is -2.36. The van der Waals surface area contributed by atoms with E-state index >= 15 is 0 Å². The smallest absolute Gasteiger partial charge is 0.230 e. The van der Waals surface area contributed by atoms with E-state index in [1.54, 1.807) is 17.4 Å². The standard InChI is InChI=1S/C19H21FN2OS/c20-17-3-1-2-15(10-17)12-22-8-6-19(18(22)23)5-7-21(14-19)11-16-4-9-24-13-16/h1-4,9-10,13H,5-8,11-12,14H2. The molecule has 1 atom stereocenters. The molecule has 4 rings (SSSR count). The lowest BCUT2D eigenvalue weighted by atomic mass is 9.85. The summed E-state index contributed by atoms with van der Waals surface area (Å²) in [5.74, 6) is 0.0104. The Labute approximate surface area is 145 Å². The summed E-state index contributed by atoms with van der Waals surface area (Å²) in [6.07, 6.45) is 1.86. The third-order valence-corrected chi connectivity index (χ3v) is 6.01. The van der Waals surface area contributed by atoms with Gasteiger partial charge in [0, 0.05) is 26.2 Å². The van der Waals surface area contributed by atoms with Gasteiger partial charge in [-0.1, -0.05) is 12.1 Å². The second-order valence-electron chi connectivity index (χ2n) is 6.98. The maximum absolute atomic E-state index is 13.4. The highest BCUT2D eigenvalue weighted by molar-refractivity contribution is 7.07. The van der Waals surface area contributed by atoms with Gasteiger partial charge in [0.1, 0.15) is 5.82 Å². The molecule has 0 saturated carbocycles. The van der Waals surface area contributed by atoms with E-state index in [0.29, 0.717) is 6.54 Å². The van der Waals surface area contributed by atoms with E-state index < -0.39 is 0 Å². The number of thiophene rings is 1. The molecule has 2 saturated heterocycles. The highest BCUT2D eigenvalue weighted by Gasteiger charge is 2.50. The van der Waals surface area contributed by atoms with Crippen molar-refractivity contribution in [2.24, 2.45) is 5.41 Å². The molecule has 1 spiro atoms. The molecule has 2 aromatic rings. The SMILES string of the molecule is O=C1N(Cc2cccc(F)c2)CCC12CCN(Cc1ccsc1)C2. The highest BCUT2D eigenvalue weighted by atomic mass is 32.1. The van der Waals surface area contributed by atoms with Crippen LogP contribution in [-0.4, -0.2) is 35.3 Å². The Kier molecular flexibility index (Phi) is 4.14. The fourth-order valence-corrected chi connectivity index (χ4v) is 4.67. The van der Waals surface area contributed by atoms with Crippen LogP contribution in [0.1, 0.15) is 24.0 Å². The maximum atomic E-state index is 13.4. The highest BCUT2D eigenvalue weighted by Crippen LogP contribution is 2.41. The van der Waals surface area contributed by atoms with E-state index in [0.717, 1.165) is 44.6 Å². The predicted molar refractivity (Wildman–Crippen MR) is 93.1 cm³/mol. The Morgan fingerprint density at radius 1 is 1.12 bits per heavy atom. The number of benzene rings is 1. The fraction of sp³-hybridized carbons (Fsp3) is 0.421. The summed E-state index contributed by atoms with van der Waals surface area (Å²) in [5, 5.41) is 4.28. The Balaban J connectivity index is 1.41. The summed E-state index contributed by atoms with van der Waals surface area (Å²) in [6.45, 7) is 4.06. The third kappa shape index (κ3) is 2.98. The molecule has 126 valence electrons. The van der Waals surface area contributed by atoms with Gasteiger partial charge >= 0.3 is 0 Å². The molecule has 1 amide bonds. The summed E-state index contributed by atoms with van der Waals surface area (Å²) < 4.78 is 13.4. The molecule has 1 aromatic carbocycles. The summed E-state index contributed by atoms with van der Waals surface area (Å²) >= 11 is 1.72. The number of hydrogen-bond donors (Lipinski definition) is 0. The van der Waals surface area contributed by atoms with Crippen molar-refractivity contribution in [1.29, 1.82) is 0 Å². The molecule has 3 heterocycles. The fourth-order valence-electron chi connectivity index (χ4n) is 4.01. The lowest BCUT2D eigenvalue weighted by molar-refractivity contribution is -0.136. The second-order valence-corrected chi connectivity index (χ2v) is 7.76. The number of carbonyl (C=O) groups excluding carboxylic acids is 1. The molecule has 2 aliphatic heterocycles. The number of likely N-dealkylation sites (tertiary alicyclic amines) is 2. The molecule has 0 N–H and O–H groups in total. The Morgan fingerprint density at radius 2 is 2.00 bits per heavy atom. The van der Waals surface area contributed by atoms with Gasteiger partial charge in [-0.25, -0.2) is 4.39 Å². The van der Waals surface area contributed by atoms with Crippen molar-refractivity contribution in [2.45, 2.75) is 25.9 Å². The van der Waals surface area contributed by atoms with Crippen LogP contribution in [-0.2, 0) is 17.9 Å². The van der Waals surface area contributed by atoms with Crippen molar-refractivity contribution in [3.8, 4) is 0 Å². The molecule has 1 unspecified atom stereocenters. The van der Waals surface area contributed by atoms with Crippen molar-refractivity contribution in [2.75, 3.05) is 19.6 Å². The second kappa shape index (κ2) is 6.30. The molecular formula is C19H21FN2OS. The summed E-state index contributed by atoms with van der Waals surface area (Å²) in [5.41, 5.74) is 1.98. The molecule has 5 heteroatoms. The average molecular weight is 344 g/mol. The van der Waals surface area contributed by atoms with E-state index in [2.05, 4.69) is 21.7 Å². The van der Waals surface area contributed by atoms with Crippen LogP contribution in [0.4, 0.5) is 4.39 Å². The topological polar surface area (TPSA) is 23.6 Å². The van der Waals surface area contributed by atoms with Gasteiger partial charge in [-0.05, 0) is 59.5 Å². The first-order valence-corrected chi connectivity index (χ1v) is 9.36. The van der Waals surface area contributed by atoms with E-state index in [1.807, 2.05) is 11.0 Å². The number of hydrogen-bond acceptors (Lipinski definition) is 3. The van der Waals surface area contributed by atoms with Crippen molar-refractivity contribution in [3.05, 3.63) is 58.0 Å². The first-order valence-electron chi connectivity index (χ1n) is 8.42. The number of amides is 1. The zero-order valence-electron chi connectivity index (χ0n) is 13.6. The first-order chi connectivity index (χ1) is 11.6. The zero-order valence-corrected chi connectivity index (χ0v) is 14.4. The normalized spacial score (nSPS) is 24.4. The number of nitrogens with zero attached hydrogens (tertiary/aromatic N) is 2. The van der Waals surface area contributed by atoms with Crippen LogP contribution in [0.25, 0.3) is 0 Å². The zero-order chi connectivity index (χ0) is 16.6. The minimum absolute atomic E-state index is 0.219. The van der Waals surface area contributed by atoms with Gasteiger partial charge in [-0.15, -0.1) is 0 Å². The molecular weight excluding hydrogens is 323 g/mol. The minimum atomic E-state index is -0.239. The Bertz CT molecular complexity index is 733. The maximum Gasteiger partial charge on any atom is 0.230 e. The van der Waals surface area contributed by atoms with Gasteiger partial charge < -0.3 is 4.90 Å². The summed E-state index contributed by atoms with van der Waals surface area (Å²) in [6, 6.07) is 8.71. The van der Waals surface area contributed by atoms with Crippen LogP contribution < -0.4 is 0 Å². The van der Waals surface area contributed by atoms with Crippen LogP contribution in [0.3, 0.4) is 0 Å². The van der Waals surface area contributed by atoms with E-state index in [9.17, 15) is 9.18 Å². The minimum Gasteiger partial charge on any atom is -0.338 e. The van der Waals surface area contributed by atoms with Gasteiger partial charge in [0.15, 0.2) is 0 Å². The number of carbonyl (C=O) groups is 1. The van der Waals surface area contributed by atoms with Crippen molar-refractivity contribution in [1.82, 2.24) is 9.80 Å². The molecule has 2 fully saturated rings. The van der Waals surface area contributed by atoms with Crippen LogP contribution in [0.5, 0.6) is 0 Å². The van der Waals surface area contributed by atoms with Crippen LogP contribution >= 0.6 is 11.3 Å². The third-order valence-electron chi connectivity index (χ3n) is 5.28. The van der Waals surface area contributed by atoms with Crippen molar-refractivity contribution >= 4 is 17.2 Å². The summed E-state index contributed by atoms with van der Waals surface area (Å²) in [4.78, 5) is 17.3. The van der Waals surface area contributed by atoms with Gasteiger partial charge in [0.05, 0.1) is 5.41 Å². The predicted octanol–water partition coefficient (Wildman–Crippen LogP) is 3.51. The molecule has 0 aliphatic carbocycles. The molecule has 2 aliphatic rings. The van der Waals surface area contributed by atoms with E-state index in [-0.39, 0.29) is 17.1 Å². The number of halogens is 1. The molecule has 0 bridgehead atoms. The van der Waals surface area contributed by atoms with Gasteiger partial charge in [0.25, 0.3) is 0 Å². The van der Waals surface area contributed by atoms with Crippen molar-refractivity contribution < 1.29 is 9.18 Å². The first kappa shape index (κ1) is 15.8. The van der Waals surface area contributed by atoms with Crippen LogP contribution in [0.2, 0.25) is 0 Å². The Morgan fingerprint density at radius 3 is 2.79 bits per heavy atom. The van der Waals surface area contributed by atoms with Crippen LogP contribution in [0.15, 0.2) is 41.1 Å². The lowest BCUT2D eigenvalue weighted by Gasteiger charge is -2.23. The van der Waals surface area contributed by atoms with Gasteiger partial charge in [0.2, 0.25) is 5.91 Å². The van der Waals surface area contributed by atoms with E-state index in [4.69, 9.17) is 0 Å². The monoisotopic (exact) mass is 344 g/mol. The van der Waals surface area contributed by atoms with Gasteiger partial charge in [-0.2, -0.15) is 11.3 Å². The molecule has 0 radical (unpaired) electrons. The van der Waals surface area contributed by atoms with Crippen LogP contribution in [0, 0.1) is 11.2 Å². The molecule has 24 heavy (non-hydrogen) atoms. The number of rotatable bonds is 4. The van der Waals surface area contributed by atoms with Crippen molar-refractivity contribution in [3.63, 3.8) is 0 Å². The average Bonchev–Trinajstić information content (AvgIpc) is 3.27. The Hall–Kier alpha value is -1.72. The molecule has 1 aromatic heterocycles. The molecule has 3 nitrogen and oxygen atoms in total. The van der Waals surface area contributed by atoms with E-state index in [1.165, 1.54) is 17.7 Å². The largest absolute Gasteiger partial charge is 0.338 e.